The second-order valence-electron chi connectivity index (χ2n) is 7.47. The van der Waals surface area contributed by atoms with Gasteiger partial charge in [0.15, 0.2) is 0 Å². The van der Waals surface area contributed by atoms with Gasteiger partial charge in [0.1, 0.15) is 6.61 Å². The number of aryl methyl sites for hydroxylation is 1. The summed E-state index contributed by atoms with van der Waals surface area (Å²) >= 11 is 0. The lowest BCUT2D eigenvalue weighted by atomic mass is 9.97. The van der Waals surface area contributed by atoms with Gasteiger partial charge in [-0.3, -0.25) is 9.59 Å². The van der Waals surface area contributed by atoms with Gasteiger partial charge in [-0.2, -0.15) is 0 Å². The molecule has 0 saturated carbocycles. The van der Waals surface area contributed by atoms with Gasteiger partial charge in [0.2, 0.25) is 5.91 Å². The molecule has 1 aromatic rings. The molecule has 1 N–H and O–H groups in total. The van der Waals surface area contributed by atoms with Crippen LogP contribution in [0.15, 0.2) is 24.3 Å². The Morgan fingerprint density at radius 3 is 2.54 bits per heavy atom. The average molecular weight is 362 g/mol. The number of rotatable bonds is 6. The first-order chi connectivity index (χ1) is 12.3. The number of hydrogen-bond donors (Lipinski definition) is 1. The molecule has 0 spiro atoms. The molecule has 1 fully saturated rings. The zero-order chi connectivity index (χ0) is 19.2. The van der Waals surface area contributed by atoms with E-state index in [1.165, 1.54) is 7.11 Å². The van der Waals surface area contributed by atoms with Crippen molar-refractivity contribution in [2.24, 2.45) is 0 Å². The number of aliphatic hydroxyl groups is 1. The van der Waals surface area contributed by atoms with Crippen LogP contribution in [0.3, 0.4) is 0 Å². The zero-order valence-electron chi connectivity index (χ0n) is 16.0. The Hall–Kier alpha value is -1.92. The fourth-order valence-corrected chi connectivity index (χ4v) is 3.08. The second kappa shape index (κ2) is 9.14. The van der Waals surface area contributed by atoms with Crippen LogP contribution in [0, 0.1) is 0 Å². The third-order valence-electron chi connectivity index (χ3n) is 4.60. The van der Waals surface area contributed by atoms with Gasteiger partial charge in [-0.25, -0.2) is 0 Å². The van der Waals surface area contributed by atoms with Crippen LogP contribution < -0.4 is 0 Å². The minimum atomic E-state index is -0.719. The van der Waals surface area contributed by atoms with Crippen LogP contribution >= 0.6 is 0 Å². The van der Waals surface area contributed by atoms with Crippen LogP contribution in [0.5, 0.6) is 0 Å². The van der Waals surface area contributed by atoms with Crippen LogP contribution in [-0.4, -0.2) is 72.2 Å². The van der Waals surface area contributed by atoms with Crippen molar-refractivity contribution in [3.8, 4) is 0 Å². The van der Waals surface area contributed by atoms with Gasteiger partial charge in [0.25, 0.3) is 5.91 Å². The third-order valence-corrected chi connectivity index (χ3v) is 4.60. The maximum absolute atomic E-state index is 12.9. The molecule has 1 heterocycles. The molecule has 6 nitrogen and oxygen atoms in total. The van der Waals surface area contributed by atoms with Crippen molar-refractivity contribution in [1.29, 1.82) is 0 Å². The minimum absolute atomic E-state index is 0.00357. The molecule has 0 radical (unpaired) electrons. The summed E-state index contributed by atoms with van der Waals surface area (Å²) in [5, 5.41) is 9.88. The largest absolute Gasteiger partial charge is 0.390 e. The number of hydrogen-bond acceptors (Lipinski definition) is 4. The molecule has 2 rings (SSSR count). The van der Waals surface area contributed by atoms with Crippen LogP contribution in [-0.2, 0) is 16.0 Å². The molecule has 0 aromatic heterocycles. The smallest absolute Gasteiger partial charge is 0.253 e. The van der Waals surface area contributed by atoms with Crippen LogP contribution in [0.1, 0.15) is 42.6 Å². The molecular formula is C20H30N2O4. The summed E-state index contributed by atoms with van der Waals surface area (Å²) in [6.07, 6.45) is 2.13. The average Bonchev–Trinajstić information content (AvgIpc) is 2.85. The maximum Gasteiger partial charge on any atom is 0.253 e. The van der Waals surface area contributed by atoms with Crippen LogP contribution in [0.25, 0.3) is 0 Å². The van der Waals surface area contributed by atoms with E-state index in [1.807, 2.05) is 29.2 Å². The quantitative estimate of drug-likeness (QED) is 0.836. The first kappa shape index (κ1) is 20.4. The second-order valence-corrected chi connectivity index (χ2v) is 7.47. The molecule has 0 bridgehead atoms. The Kier molecular flexibility index (Phi) is 7.17. The first-order valence-corrected chi connectivity index (χ1v) is 9.17. The lowest BCUT2D eigenvalue weighted by Crippen LogP contribution is -2.38. The number of carbonyl (C=O) groups is 2. The van der Waals surface area contributed by atoms with Crippen LogP contribution in [0.4, 0.5) is 0 Å². The Balaban J connectivity index is 1.99. The predicted octanol–water partition coefficient (Wildman–Crippen LogP) is 1.71. The number of ether oxygens (including phenoxy) is 1. The Labute approximate surface area is 155 Å². The molecule has 2 amide bonds. The highest BCUT2D eigenvalue weighted by Gasteiger charge is 2.23. The van der Waals surface area contributed by atoms with Gasteiger partial charge >= 0.3 is 0 Å². The highest BCUT2D eigenvalue weighted by molar-refractivity contribution is 5.94. The summed E-state index contributed by atoms with van der Waals surface area (Å²) < 4.78 is 4.91. The van der Waals surface area contributed by atoms with Crippen molar-refractivity contribution in [1.82, 2.24) is 9.80 Å². The van der Waals surface area contributed by atoms with Crippen molar-refractivity contribution in [2.45, 2.75) is 38.7 Å². The number of benzene rings is 1. The van der Waals surface area contributed by atoms with Crippen LogP contribution in [0.2, 0.25) is 0 Å². The monoisotopic (exact) mass is 362 g/mol. The van der Waals surface area contributed by atoms with E-state index in [0.29, 0.717) is 38.2 Å². The highest BCUT2D eigenvalue weighted by atomic mass is 16.5. The molecule has 144 valence electrons. The van der Waals surface area contributed by atoms with E-state index in [4.69, 9.17) is 4.74 Å². The van der Waals surface area contributed by atoms with E-state index in [2.05, 4.69) is 0 Å². The fraction of sp³-hybridized carbons (Fsp3) is 0.600. The Bertz CT molecular complexity index is 624. The number of carbonyl (C=O) groups excluding carboxylic acids is 2. The van der Waals surface area contributed by atoms with E-state index in [0.717, 1.165) is 18.4 Å². The molecule has 0 atom stereocenters. The predicted molar refractivity (Wildman–Crippen MR) is 100 cm³/mol. The topological polar surface area (TPSA) is 70.1 Å². The van der Waals surface area contributed by atoms with E-state index in [1.54, 1.807) is 18.7 Å². The van der Waals surface area contributed by atoms with Crippen molar-refractivity contribution in [3.05, 3.63) is 35.4 Å². The summed E-state index contributed by atoms with van der Waals surface area (Å²) in [5.74, 6) is -0.0356. The summed E-state index contributed by atoms with van der Waals surface area (Å²) in [7, 11) is 1.51. The maximum atomic E-state index is 12.9. The highest BCUT2D eigenvalue weighted by Crippen LogP contribution is 2.16. The van der Waals surface area contributed by atoms with E-state index < -0.39 is 5.60 Å². The molecule has 1 aliphatic heterocycles. The molecule has 1 aliphatic rings. The Morgan fingerprint density at radius 1 is 1.15 bits per heavy atom. The van der Waals surface area contributed by atoms with Gasteiger partial charge in [-0.05, 0) is 50.8 Å². The number of amides is 2. The molecular weight excluding hydrogens is 332 g/mol. The van der Waals surface area contributed by atoms with E-state index in [-0.39, 0.29) is 18.4 Å². The first-order valence-electron chi connectivity index (χ1n) is 9.17. The Morgan fingerprint density at radius 2 is 1.85 bits per heavy atom. The zero-order valence-corrected chi connectivity index (χ0v) is 16.0. The normalized spacial score (nSPS) is 15.7. The van der Waals surface area contributed by atoms with Crippen molar-refractivity contribution >= 4 is 11.8 Å². The summed E-state index contributed by atoms with van der Waals surface area (Å²) in [5.41, 5.74) is 0.989. The lowest BCUT2D eigenvalue weighted by molar-refractivity contribution is -0.135. The van der Waals surface area contributed by atoms with Gasteiger partial charge in [-0.15, -0.1) is 0 Å². The molecule has 0 aliphatic carbocycles. The van der Waals surface area contributed by atoms with E-state index >= 15 is 0 Å². The van der Waals surface area contributed by atoms with Crippen molar-refractivity contribution < 1.29 is 19.4 Å². The van der Waals surface area contributed by atoms with Gasteiger partial charge in [0.05, 0.1) is 5.60 Å². The van der Waals surface area contributed by atoms with Crippen molar-refractivity contribution in [2.75, 3.05) is 39.9 Å². The molecule has 0 unspecified atom stereocenters. The fourth-order valence-electron chi connectivity index (χ4n) is 3.08. The SMILES string of the molecule is COCC(=O)N1CCCN(C(=O)c2cccc(CCC(C)(C)O)c2)CC1. The summed E-state index contributed by atoms with van der Waals surface area (Å²) in [6, 6.07) is 7.61. The minimum Gasteiger partial charge on any atom is -0.390 e. The molecule has 1 aromatic carbocycles. The van der Waals surface area contributed by atoms with Gasteiger partial charge < -0.3 is 19.6 Å². The lowest BCUT2D eigenvalue weighted by Gasteiger charge is -2.22. The molecule has 1 saturated heterocycles. The van der Waals surface area contributed by atoms with Gasteiger partial charge in [0, 0.05) is 38.9 Å². The van der Waals surface area contributed by atoms with Crippen molar-refractivity contribution in [3.63, 3.8) is 0 Å². The number of nitrogens with zero attached hydrogens (tertiary/aromatic N) is 2. The summed E-state index contributed by atoms with van der Waals surface area (Å²) in [6.45, 7) is 6.01. The standard InChI is InChI=1S/C20H30N2O4/c1-20(2,25)9-8-16-6-4-7-17(14-16)19(24)22-11-5-10-21(12-13-22)18(23)15-26-3/h4,6-7,14,25H,5,8-13,15H2,1-3H3. The van der Waals surface area contributed by atoms with E-state index in [9.17, 15) is 14.7 Å². The number of methoxy groups -OCH3 is 1. The third kappa shape index (κ3) is 6.11. The molecule has 6 heteroatoms. The summed E-state index contributed by atoms with van der Waals surface area (Å²) in [4.78, 5) is 28.4. The molecule has 26 heavy (non-hydrogen) atoms. The van der Waals surface area contributed by atoms with Gasteiger partial charge in [-0.1, -0.05) is 12.1 Å².